The van der Waals surface area contributed by atoms with Crippen molar-refractivity contribution in [2.24, 2.45) is 50.2 Å². The van der Waals surface area contributed by atoms with E-state index in [9.17, 15) is 25.2 Å². The Bertz CT molecular complexity index is 1140. The number of esters is 1. The third-order valence-electron chi connectivity index (χ3n) is 14.2. The van der Waals surface area contributed by atoms with Gasteiger partial charge in [0.2, 0.25) is 0 Å². The summed E-state index contributed by atoms with van der Waals surface area (Å²) in [7, 11) is 0. The van der Waals surface area contributed by atoms with Gasteiger partial charge >= 0.3 is 5.97 Å². The van der Waals surface area contributed by atoms with Crippen LogP contribution >= 0.6 is 0 Å². The van der Waals surface area contributed by atoms with Crippen molar-refractivity contribution in [2.75, 3.05) is 6.61 Å². The predicted molar refractivity (Wildman–Crippen MR) is 160 cm³/mol. The first kappa shape index (κ1) is 31.2. The lowest BCUT2D eigenvalue weighted by atomic mass is 9.32. The van der Waals surface area contributed by atoms with E-state index in [-0.39, 0.29) is 40.3 Å². The van der Waals surface area contributed by atoms with Crippen LogP contribution in [0.2, 0.25) is 0 Å². The fraction of sp³-hybridized carbons (Fsp3) is 0.857. The third-order valence-corrected chi connectivity index (χ3v) is 14.2. The maximum atomic E-state index is 13.1. The summed E-state index contributed by atoms with van der Waals surface area (Å²) in [4.78, 5) is 13.1. The minimum atomic E-state index is -1.25. The molecule has 0 heterocycles. The Morgan fingerprint density at radius 3 is 2.24 bits per heavy atom. The zero-order valence-corrected chi connectivity index (χ0v) is 27.0. The highest BCUT2D eigenvalue weighted by atomic mass is 16.5. The van der Waals surface area contributed by atoms with E-state index < -0.39 is 35.1 Å². The quantitative estimate of drug-likeness (QED) is 0.200. The molecule has 41 heavy (non-hydrogen) atoms. The molecule has 4 saturated carbocycles. The van der Waals surface area contributed by atoms with Crippen LogP contribution in [-0.4, -0.2) is 57.4 Å². The second kappa shape index (κ2) is 9.64. The summed E-state index contributed by atoms with van der Waals surface area (Å²) in [5.41, 5.74) is -0.885. The van der Waals surface area contributed by atoms with Crippen molar-refractivity contribution >= 4 is 5.97 Å². The van der Waals surface area contributed by atoms with Gasteiger partial charge in [-0.05, 0) is 98.2 Å². The highest BCUT2D eigenvalue weighted by Crippen LogP contribution is 2.75. The third kappa shape index (κ3) is 3.92. The van der Waals surface area contributed by atoms with Gasteiger partial charge in [-0.25, -0.2) is 4.79 Å². The lowest BCUT2D eigenvalue weighted by Gasteiger charge is -2.73. The molecule has 4 N–H and O–H groups in total. The Balaban J connectivity index is 1.64. The number of carbonyl (C=O) groups is 1. The molecule has 6 heteroatoms. The number of fused-ring (bicyclic) bond motifs is 7. The number of hydrogen-bond acceptors (Lipinski definition) is 6. The second-order valence-electron chi connectivity index (χ2n) is 16.7. The molecule has 5 aliphatic carbocycles. The molecule has 5 aliphatic rings. The molecule has 0 aliphatic heterocycles. The van der Waals surface area contributed by atoms with Crippen LogP contribution < -0.4 is 0 Å². The lowest BCUT2D eigenvalue weighted by molar-refractivity contribution is -0.274. The standard InChI is InChI=1S/C35H56O6/c1-10-20(2)29(40)41-26-18-30(3,4)17-22-21-11-12-24-32(7)15-14-25(37)31(5,6)23(32)13-16-33(24,8)34(21,9)27(38)28(39)35(22,26)19-36/h10-11,22-28,36-39H,12-19H2,1-9H3/b20-10+/t22-,23-,24+,25-,26-,27-,28+,32-,33+,34-,35+/m0/s1. The Kier molecular flexibility index (Phi) is 7.34. The zero-order chi connectivity index (χ0) is 30.6. The molecule has 0 spiro atoms. The van der Waals surface area contributed by atoms with Crippen LogP contribution in [0.15, 0.2) is 23.3 Å². The summed E-state index contributed by atoms with van der Waals surface area (Å²) in [5.74, 6) is 0.0104. The normalized spacial score (nSPS) is 50.4. The van der Waals surface area contributed by atoms with E-state index in [1.165, 1.54) is 0 Å². The van der Waals surface area contributed by atoms with Gasteiger partial charge in [-0.2, -0.15) is 0 Å². The van der Waals surface area contributed by atoms with Crippen LogP contribution in [0.5, 0.6) is 0 Å². The van der Waals surface area contributed by atoms with Crippen molar-refractivity contribution in [2.45, 2.75) is 132 Å². The van der Waals surface area contributed by atoms with Crippen molar-refractivity contribution in [1.82, 2.24) is 0 Å². The van der Waals surface area contributed by atoms with E-state index in [1.54, 1.807) is 19.9 Å². The molecule has 5 rings (SSSR count). The van der Waals surface area contributed by atoms with Gasteiger partial charge in [-0.1, -0.05) is 66.2 Å². The highest BCUT2D eigenvalue weighted by molar-refractivity contribution is 5.87. The van der Waals surface area contributed by atoms with E-state index in [0.29, 0.717) is 23.8 Å². The number of rotatable bonds is 3. The van der Waals surface area contributed by atoms with E-state index >= 15 is 0 Å². The first-order valence-electron chi connectivity index (χ1n) is 16.1. The lowest BCUT2D eigenvalue weighted by Crippen LogP contribution is -2.74. The van der Waals surface area contributed by atoms with Gasteiger partial charge in [-0.15, -0.1) is 0 Å². The molecule has 0 aromatic carbocycles. The molecule has 232 valence electrons. The number of allylic oxidation sites excluding steroid dienone is 2. The van der Waals surface area contributed by atoms with Gasteiger partial charge in [0.25, 0.3) is 0 Å². The minimum Gasteiger partial charge on any atom is -0.458 e. The molecule has 0 bridgehead atoms. The van der Waals surface area contributed by atoms with Crippen LogP contribution in [-0.2, 0) is 9.53 Å². The van der Waals surface area contributed by atoms with E-state index in [1.807, 2.05) is 0 Å². The molecule has 0 saturated heterocycles. The monoisotopic (exact) mass is 572 g/mol. The molecule has 0 radical (unpaired) electrons. The summed E-state index contributed by atoms with van der Waals surface area (Å²) < 4.78 is 6.14. The highest BCUT2D eigenvalue weighted by Gasteiger charge is 2.74. The zero-order valence-electron chi connectivity index (χ0n) is 27.0. The SMILES string of the molecule is C/C=C(\C)C(=O)O[C@H]1CC(C)(C)C[C@H]2C3=CC[C@@H]4[C@@]5(C)CC[C@H](O)C(C)(C)[C@@H]5CC[C@@]4(C)[C@]3(C)[C@@H](O)[C@@H](O)[C@@]12CO. The van der Waals surface area contributed by atoms with Gasteiger partial charge in [0.05, 0.1) is 30.3 Å². The largest absolute Gasteiger partial charge is 0.458 e. The number of aliphatic hydroxyl groups is 4. The maximum Gasteiger partial charge on any atom is 0.333 e. The van der Waals surface area contributed by atoms with Crippen molar-refractivity contribution in [3.63, 3.8) is 0 Å². The predicted octanol–water partition coefficient (Wildman–Crippen LogP) is 5.57. The fourth-order valence-corrected chi connectivity index (χ4v) is 11.4. The van der Waals surface area contributed by atoms with Gasteiger partial charge in [-0.3, -0.25) is 0 Å². The molecular formula is C35H56O6. The van der Waals surface area contributed by atoms with E-state index in [0.717, 1.165) is 44.1 Å². The average Bonchev–Trinajstić information content (AvgIpc) is 2.89. The maximum absolute atomic E-state index is 13.1. The summed E-state index contributed by atoms with van der Waals surface area (Å²) in [5, 5.41) is 46.7. The molecule has 0 unspecified atom stereocenters. The summed E-state index contributed by atoms with van der Waals surface area (Å²) in [6.07, 6.45) is 6.44. The van der Waals surface area contributed by atoms with Crippen molar-refractivity contribution in [1.29, 1.82) is 0 Å². The van der Waals surface area contributed by atoms with Crippen LogP contribution in [0.25, 0.3) is 0 Å². The Labute approximate surface area is 247 Å². The second-order valence-corrected chi connectivity index (χ2v) is 16.7. The van der Waals surface area contributed by atoms with Crippen LogP contribution in [0, 0.1) is 50.2 Å². The van der Waals surface area contributed by atoms with Gasteiger partial charge in [0.15, 0.2) is 0 Å². The summed E-state index contributed by atoms with van der Waals surface area (Å²) >= 11 is 0. The molecule has 0 aromatic heterocycles. The number of ether oxygens (including phenoxy) is 1. The Morgan fingerprint density at radius 2 is 1.63 bits per heavy atom. The molecule has 6 nitrogen and oxygen atoms in total. The molecule has 4 fully saturated rings. The fourth-order valence-electron chi connectivity index (χ4n) is 11.4. The average molecular weight is 573 g/mol. The smallest absolute Gasteiger partial charge is 0.333 e. The van der Waals surface area contributed by atoms with E-state index in [4.69, 9.17) is 4.74 Å². The first-order chi connectivity index (χ1) is 18.9. The first-order valence-corrected chi connectivity index (χ1v) is 16.1. The number of aliphatic hydroxyl groups excluding tert-OH is 4. The topological polar surface area (TPSA) is 107 Å². The molecule has 0 aromatic rings. The molecular weight excluding hydrogens is 516 g/mol. The number of carbonyl (C=O) groups excluding carboxylic acids is 1. The molecule has 11 atom stereocenters. The van der Waals surface area contributed by atoms with Gasteiger partial charge in [0.1, 0.15) is 6.10 Å². The van der Waals surface area contributed by atoms with Crippen molar-refractivity contribution in [3.05, 3.63) is 23.3 Å². The number of hydrogen-bond donors (Lipinski definition) is 4. The van der Waals surface area contributed by atoms with Gasteiger partial charge in [0, 0.05) is 11.0 Å². The Morgan fingerprint density at radius 1 is 0.976 bits per heavy atom. The summed E-state index contributed by atoms with van der Waals surface area (Å²) in [6.45, 7) is 18.9. The van der Waals surface area contributed by atoms with Crippen LogP contribution in [0.4, 0.5) is 0 Å². The van der Waals surface area contributed by atoms with E-state index in [2.05, 4.69) is 54.5 Å². The van der Waals surface area contributed by atoms with Crippen molar-refractivity contribution in [3.8, 4) is 0 Å². The van der Waals surface area contributed by atoms with Gasteiger partial charge < -0.3 is 25.2 Å². The molecule has 0 amide bonds. The summed E-state index contributed by atoms with van der Waals surface area (Å²) in [6, 6.07) is 0. The minimum absolute atomic E-state index is 0.00483. The van der Waals surface area contributed by atoms with Crippen LogP contribution in [0.3, 0.4) is 0 Å². The van der Waals surface area contributed by atoms with Crippen LogP contribution in [0.1, 0.15) is 107 Å². The Hall–Kier alpha value is -1.21. The van der Waals surface area contributed by atoms with Crippen molar-refractivity contribution < 1.29 is 30.0 Å².